The van der Waals surface area contributed by atoms with Crippen LogP contribution in [0.2, 0.25) is 10.0 Å². The zero-order chi connectivity index (χ0) is 19.2. The van der Waals surface area contributed by atoms with Gasteiger partial charge in [0.1, 0.15) is 11.4 Å². The minimum absolute atomic E-state index is 0.00809. The van der Waals surface area contributed by atoms with E-state index in [1.165, 1.54) is 6.07 Å². The maximum atomic E-state index is 14.9. The summed E-state index contributed by atoms with van der Waals surface area (Å²) in [6, 6.07) is 10.2. The molecule has 1 amide bonds. The molecule has 7 heteroatoms. The molecule has 2 aromatic carbocycles. The van der Waals surface area contributed by atoms with Gasteiger partial charge in [0.25, 0.3) is 0 Å². The number of aliphatic imine (C=N–C) groups is 1. The Morgan fingerprint density at radius 3 is 2.89 bits per heavy atom. The Kier molecular flexibility index (Phi) is 4.70. The second-order valence-corrected chi connectivity index (χ2v) is 7.80. The number of halogens is 3. The number of benzene rings is 2. The van der Waals surface area contributed by atoms with E-state index in [0.717, 1.165) is 5.56 Å². The van der Waals surface area contributed by atoms with Gasteiger partial charge >= 0.3 is 0 Å². The molecule has 0 aliphatic carbocycles. The molecule has 4 nitrogen and oxygen atoms in total. The number of fused-ring (bicyclic) bond motifs is 2. The van der Waals surface area contributed by atoms with E-state index in [9.17, 15) is 9.18 Å². The minimum Gasteiger partial charge on any atom is -0.324 e. The molecule has 2 heterocycles. The Hall–Kier alpha value is -1.95. The van der Waals surface area contributed by atoms with Crippen LogP contribution in [0.15, 0.2) is 41.4 Å². The van der Waals surface area contributed by atoms with Crippen molar-refractivity contribution in [2.45, 2.75) is 30.3 Å². The molecule has 1 saturated heterocycles. The van der Waals surface area contributed by atoms with Gasteiger partial charge < -0.3 is 10.3 Å². The van der Waals surface area contributed by atoms with E-state index >= 15 is 0 Å². The van der Waals surface area contributed by atoms with Crippen molar-refractivity contribution in [2.75, 3.05) is 11.9 Å². The van der Waals surface area contributed by atoms with E-state index in [0.29, 0.717) is 35.7 Å². The first kappa shape index (κ1) is 18.4. The molecular weight excluding hydrogens is 388 g/mol. The van der Waals surface area contributed by atoms with Crippen molar-refractivity contribution in [3.05, 3.63) is 63.4 Å². The molecule has 2 aliphatic rings. The number of hydrogen-bond donors (Lipinski definition) is 2. The third-order valence-corrected chi connectivity index (χ3v) is 6.01. The van der Waals surface area contributed by atoms with Crippen LogP contribution in [0.25, 0.3) is 0 Å². The molecule has 0 unspecified atom stereocenters. The second kappa shape index (κ2) is 6.89. The van der Waals surface area contributed by atoms with Crippen LogP contribution in [0.5, 0.6) is 0 Å². The van der Waals surface area contributed by atoms with Gasteiger partial charge in [-0.05, 0) is 43.3 Å². The van der Waals surface area contributed by atoms with Gasteiger partial charge in [-0.3, -0.25) is 10.1 Å². The van der Waals surface area contributed by atoms with Crippen LogP contribution in [-0.4, -0.2) is 25.2 Å². The maximum absolute atomic E-state index is 14.9. The molecule has 2 aliphatic heterocycles. The van der Waals surface area contributed by atoms with Gasteiger partial charge in [-0.15, -0.1) is 0 Å². The number of anilines is 1. The summed E-state index contributed by atoms with van der Waals surface area (Å²) in [4.78, 5) is 17.1. The Morgan fingerprint density at radius 2 is 2.11 bits per heavy atom. The quantitative estimate of drug-likeness (QED) is 0.734. The lowest BCUT2D eigenvalue weighted by Gasteiger charge is -2.30. The van der Waals surface area contributed by atoms with E-state index in [4.69, 9.17) is 23.2 Å². The van der Waals surface area contributed by atoms with Crippen LogP contribution >= 0.6 is 23.2 Å². The molecule has 0 saturated carbocycles. The summed E-state index contributed by atoms with van der Waals surface area (Å²) >= 11 is 12.1. The average Bonchev–Trinajstić information content (AvgIpc) is 3.14. The van der Waals surface area contributed by atoms with Gasteiger partial charge in [0.05, 0.1) is 5.02 Å². The van der Waals surface area contributed by atoms with Crippen LogP contribution < -0.4 is 10.6 Å². The number of rotatable bonds is 4. The first-order valence-electron chi connectivity index (χ1n) is 8.73. The molecule has 0 radical (unpaired) electrons. The molecular formula is C20H18Cl2FN3O. The second-order valence-electron chi connectivity index (χ2n) is 6.96. The molecule has 27 heavy (non-hydrogen) atoms. The predicted octanol–water partition coefficient (Wildman–Crippen LogP) is 4.52. The third-order valence-electron chi connectivity index (χ3n) is 5.48. The Morgan fingerprint density at radius 1 is 1.30 bits per heavy atom. The topological polar surface area (TPSA) is 53.5 Å². The van der Waals surface area contributed by atoms with Crippen molar-refractivity contribution >= 4 is 41.5 Å². The first-order valence-corrected chi connectivity index (χ1v) is 9.48. The summed E-state index contributed by atoms with van der Waals surface area (Å²) in [6.07, 6.45) is 1.29. The lowest BCUT2D eigenvalue weighted by atomic mass is 9.76. The number of hydrogen-bond acceptors (Lipinski definition) is 3. The summed E-state index contributed by atoms with van der Waals surface area (Å²) in [5.74, 6) is -1.10. The molecule has 2 aromatic rings. The van der Waals surface area contributed by atoms with E-state index in [2.05, 4.69) is 22.3 Å². The van der Waals surface area contributed by atoms with Crippen LogP contribution in [0.3, 0.4) is 0 Å². The van der Waals surface area contributed by atoms with Gasteiger partial charge in [-0.2, -0.15) is 0 Å². The molecule has 0 aromatic heterocycles. The zero-order valence-electron chi connectivity index (χ0n) is 14.4. The highest BCUT2D eigenvalue weighted by Gasteiger charge is 2.58. The van der Waals surface area contributed by atoms with Gasteiger partial charge in [-0.1, -0.05) is 41.4 Å². The Bertz CT molecular complexity index is 935. The van der Waals surface area contributed by atoms with Crippen LogP contribution in [-0.2, 0) is 10.3 Å². The van der Waals surface area contributed by atoms with E-state index in [-0.39, 0.29) is 17.0 Å². The maximum Gasteiger partial charge on any atom is 0.250 e. The summed E-state index contributed by atoms with van der Waals surface area (Å²) in [7, 11) is 0. The highest BCUT2D eigenvalue weighted by Crippen LogP contribution is 2.52. The molecule has 3 atom stereocenters. The third kappa shape index (κ3) is 2.85. The summed E-state index contributed by atoms with van der Waals surface area (Å²) in [6.45, 7) is 4.09. The van der Waals surface area contributed by atoms with Crippen molar-refractivity contribution in [1.29, 1.82) is 0 Å². The van der Waals surface area contributed by atoms with Gasteiger partial charge in [-0.25, -0.2) is 4.39 Å². The minimum atomic E-state index is -1.07. The fraction of sp³-hybridized carbons (Fsp3) is 0.300. The highest BCUT2D eigenvalue weighted by atomic mass is 35.5. The fourth-order valence-electron chi connectivity index (χ4n) is 4.33. The van der Waals surface area contributed by atoms with Crippen molar-refractivity contribution in [3.63, 3.8) is 0 Å². The van der Waals surface area contributed by atoms with E-state index in [1.807, 2.05) is 6.07 Å². The fourth-order valence-corrected chi connectivity index (χ4v) is 4.68. The highest BCUT2D eigenvalue weighted by molar-refractivity contribution is 6.31. The van der Waals surface area contributed by atoms with Crippen LogP contribution in [0, 0.1) is 5.82 Å². The predicted molar refractivity (Wildman–Crippen MR) is 106 cm³/mol. The number of amides is 1. The number of nitrogens with one attached hydrogen (secondary N) is 2. The standard InChI is InChI=1S/C20H18Cl2FN3O/c1-24-8-7-12-10-15(13-3-2-4-16(22)18(13)23)20(26-12)14-6-5-11(21)9-17(14)25-19(20)27/h2-6,9,12,15,26H,1,7-8,10H2,(H,25,27)/t12-,15+,20+/m0/s1. The van der Waals surface area contributed by atoms with E-state index < -0.39 is 17.3 Å². The van der Waals surface area contributed by atoms with Crippen molar-refractivity contribution in [3.8, 4) is 0 Å². The molecule has 1 spiro atoms. The largest absolute Gasteiger partial charge is 0.324 e. The normalized spacial score (nSPS) is 26.3. The van der Waals surface area contributed by atoms with Gasteiger partial charge in [0.2, 0.25) is 5.91 Å². The molecule has 4 rings (SSSR count). The average molecular weight is 406 g/mol. The van der Waals surface area contributed by atoms with E-state index in [1.54, 1.807) is 24.3 Å². The monoisotopic (exact) mass is 405 g/mol. The van der Waals surface area contributed by atoms with Gasteiger partial charge in [0, 0.05) is 34.8 Å². The smallest absolute Gasteiger partial charge is 0.250 e. The lowest BCUT2D eigenvalue weighted by molar-refractivity contribution is -0.122. The molecule has 2 N–H and O–H groups in total. The van der Waals surface area contributed by atoms with Crippen molar-refractivity contribution in [2.24, 2.45) is 4.99 Å². The lowest BCUT2D eigenvalue weighted by Crippen LogP contribution is -2.49. The van der Waals surface area contributed by atoms with Gasteiger partial charge in [0.15, 0.2) is 0 Å². The molecule has 140 valence electrons. The Labute approximate surface area is 166 Å². The molecule has 0 bridgehead atoms. The summed E-state index contributed by atoms with van der Waals surface area (Å²) in [5, 5.41) is 6.95. The number of carbonyl (C=O) groups is 1. The Balaban J connectivity index is 1.87. The number of nitrogens with zero attached hydrogens (tertiary/aromatic N) is 1. The molecule has 1 fully saturated rings. The van der Waals surface area contributed by atoms with Crippen LogP contribution in [0.4, 0.5) is 10.1 Å². The van der Waals surface area contributed by atoms with Crippen LogP contribution in [0.1, 0.15) is 29.9 Å². The number of carbonyl (C=O) groups excluding carboxylic acids is 1. The zero-order valence-corrected chi connectivity index (χ0v) is 15.9. The van der Waals surface area contributed by atoms with Crippen molar-refractivity contribution < 1.29 is 9.18 Å². The SMILES string of the molecule is C=NCC[C@H]1C[C@H](c2cccc(Cl)c2F)[C@@]2(N1)C(=O)Nc1cc(Cl)ccc12. The first-order chi connectivity index (χ1) is 13.0. The van der Waals surface area contributed by atoms with Crippen molar-refractivity contribution in [1.82, 2.24) is 5.32 Å². The summed E-state index contributed by atoms with van der Waals surface area (Å²) in [5.41, 5.74) is 0.782. The summed E-state index contributed by atoms with van der Waals surface area (Å²) < 4.78 is 14.9.